The molecule has 2 rings (SSSR count). The number of nitrogens with one attached hydrogen (secondary N) is 1. The van der Waals surface area contributed by atoms with E-state index in [1.807, 2.05) is 0 Å². The van der Waals surface area contributed by atoms with Crippen molar-refractivity contribution in [3.8, 4) is 5.75 Å². The summed E-state index contributed by atoms with van der Waals surface area (Å²) in [7, 11) is -3.77. The Labute approximate surface area is 167 Å². The Kier molecular flexibility index (Phi) is 7.38. The molecule has 0 aromatic heterocycles. The number of amides is 1. The third-order valence-corrected chi connectivity index (χ3v) is 4.83. The van der Waals surface area contributed by atoms with Crippen LogP contribution in [0.4, 0.5) is 0 Å². The molecule has 0 spiro atoms. The van der Waals surface area contributed by atoms with E-state index in [0.29, 0.717) is 5.75 Å². The third-order valence-electron chi connectivity index (χ3n) is 3.57. The second kappa shape index (κ2) is 9.54. The van der Waals surface area contributed by atoms with Gasteiger partial charge in [0.2, 0.25) is 10.0 Å². The van der Waals surface area contributed by atoms with Crippen LogP contribution in [0.15, 0.2) is 53.4 Å². The summed E-state index contributed by atoms with van der Waals surface area (Å²) < 4.78 is 32.7. The highest BCUT2D eigenvalue weighted by atomic mass is 35.5. The van der Waals surface area contributed by atoms with Crippen molar-refractivity contribution in [2.24, 2.45) is 5.14 Å². The second-order valence-electron chi connectivity index (χ2n) is 5.71. The molecule has 0 heterocycles. The Balaban J connectivity index is 1.76. The maximum Gasteiger partial charge on any atom is 0.328 e. The van der Waals surface area contributed by atoms with Crippen molar-refractivity contribution in [3.05, 3.63) is 59.1 Å². The van der Waals surface area contributed by atoms with Crippen molar-refractivity contribution < 1.29 is 27.5 Å². The minimum absolute atomic E-state index is 0.0330. The van der Waals surface area contributed by atoms with Crippen LogP contribution < -0.4 is 15.2 Å². The number of benzene rings is 2. The van der Waals surface area contributed by atoms with Gasteiger partial charge in [0.25, 0.3) is 5.91 Å². The van der Waals surface area contributed by atoms with E-state index in [2.05, 4.69) is 5.32 Å². The lowest BCUT2D eigenvalue weighted by Crippen LogP contribution is -2.40. The molecule has 0 bridgehead atoms. The van der Waals surface area contributed by atoms with Crippen LogP contribution >= 0.6 is 11.6 Å². The minimum atomic E-state index is -3.77. The number of hydrogen-bond acceptors (Lipinski definition) is 6. The molecule has 2 aromatic rings. The second-order valence-corrected chi connectivity index (χ2v) is 7.68. The van der Waals surface area contributed by atoms with Crippen LogP contribution in [0.3, 0.4) is 0 Å². The van der Waals surface area contributed by atoms with Gasteiger partial charge in [0.05, 0.1) is 15.5 Å². The third kappa shape index (κ3) is 6.22. The van der Waals surface area contributed by atoms with E-state index < -0.39 is 27.9 Å². The van der Waals surface area contributed by atoms with Gasteiger partial charge in [-0.2, -0.15) is 0 Å². The van der Waals surface area contributed by atoms with Crippen molar-refractivity contribution in [1.82, 2.24) is 5.32 Å². The number of sulfonamides is 1. The first kappa shape index (κ1) is 21.7. The molecule has 8 nitrogen and oxygen atoms in total. The Morgan fingerprint density at radius 2 is 1.75 bits per heavy atom. The number of halogens is 1. The number of primary sulfonamides is 1. The molecule has 2 aromatic carbocycles. The predicted molar refractivity (Wildman–Crippen MR) is 103 cm³/mol. The Morgan fingerprint density at radius 3 is 2.36 bits per heavy atom. The van der Waals surface area contributed by atoms with E-state index in [1.54, 1.807) is 24.3 Å². The lowest BCUT2D eigenvalue weighted by atomic mass is 10.2. The van der Waals surface area contributed by atoms with Crippen molar-refractivity contribution in [2.45, 2.75) is 17.9 Å². The number of carbonyl (C=O) groups is 2. The maximum atomic E-state index is 12.1. The van der Waals surface area contributed by atoms with Gasteiger partial charge in [0.15, 0.2) is 0 Å². The number of hydrogen-bond donors (Lipinski definition) is 2. The van der Waals surface area contributed by atoms with Crippen molar-refractivity contribution in [3.63, 3.8) is 0 Å². The molecule has 10 heteroatoms. The van der Waals surface area contributed by atoms with Crippen LogP contribution in [0, 0.1) is 0 Å². The lowest BCUT2D eigenvalue weighted by molar-refractivity contribution is -0.146. The van der Waals surface area contributed by atoms with Crippen LogP contribution in [-0.2, 0) is 19.6 Å². The maximum absolute atomic E-state index is 12.1. The highest BCUT2D eigenvalue weighted by Gasteiger charge is 2.19. The van der Waals surface area contributed by atoms with E-state index in [0.717, 1.165) is 0 Å². The molecule has 0 unspecified atom stereocenters. The molecule has 0 fully saturated rings. The zero-order valence-corrected chi connectivity index (χ0v) is 16.5. The summed E-state index contributed by atoms with van der Waals surface area (Å²) in [5, 5.41) is 7.79. The monoisotopic (exact) mass is 426 g/mol. The normalized spacial score (nSPS) is 12.1. The van der Waals surface area contributed by atoms with Crippen LogP contribution in [-0.4, -0.2) is 39.5 Å². The highest BCUT2D eigenvalue weighted by molar-refractivity contribution is 7.89. The number of esters is 1. The van der Waals surface area contributed by atoms with Gasteiger partial charge in [-0.1, -0.05) is 23.7 Å². The van der Waals surface area contributed by atoms with Crippen LogP contribution in [0.2, 0.25) is 5.02 Å². The quantitative estimate of drug-likeness (QED) is 0.489. The summed E-state index contributed by atoms with van der Waals surface area (Å²) in [5.74, 6) is -0.724. The Morgan fingerprint density at radius 1 is 1.11 bits per heavy atom. The zero-order chi connectivity index (χ0) is 20.7. The fraction of sp³-hybridized carbons (Fsp3) is 0.222. The Bertz CT molecular complexity index is 947. The average Bonchev–Trinajstić information content (AvgIpc) is 2.65. The molecule has 0 aliphatic heterocycles. The molecule has 0 aliphatic carbocycles. The fourth-order valence-electron chi connectivity index (χ4n) is 2.13. The van der Waals surface area contributed by atoms with E-state index in [9.17, 15) is 18.0 Å². The van der Waals surface area contributed by atoms with Crippen LogP contribution in [0.25, 0.3) is 0 Å². The number of carbonyl (C=O) groups excluding carboxylic acids is 2. The van der Waals surface area contributed by atoms with Crippen molar-refractivity contribution in [2.75, 3.05) is 13.2 Å². The largest absolute Gasteiger partial charge is 0.490 e. The van der Waals surface area contributed by atoms with E-state index >= 15 is 0 Å². The average molecular weight is 427 g/mol. The van der Waals surface area contributed by atoms with Gasteiger partial charge in [-0.05, 0) is 43.3 Å². The number of ether oxygens (including phenoxy) is 2. The lowest BCUT2D eigenvalue weighted by Gasteiger charge is -2.14. The molecule has 150 valence electrons. The number of rotatable bonds is 8. The molecule has 0 saturated heterocycles. The molecule has 0 aliphatic rings. The van der Waals surface area contributed by atoms with Gasteiger partial charge in [0.1, 0.15) is 25.0 Å². The van der Waals surface area contributed by atoms with E-state index in [-0.39, 0.29) is 28.7 Å². The topological polar surface area (TPSA) is 125 Å². The van der Waals surface area contributed by atoms with Gasteiger partial charge in [-0.3, -0.25) is 4.79 Å². The minimum Gasteiger partial charge on any atom is -0.490 e. The first-order chi connectivity index (χ1) is 13.2. The SMILES string of the molecule is C[C@@H](NC(=O)c1ccccc1Cl)C(=O)OCCOc1ccc(S(N)(=O)=O)cc1. The molecule has 1 atom stereocenters. The molecule has 1 amide bonds. The smallest absolute Gasteiger partial charge is 0.328 e. The van der Waals surface area contributed by atoms with E-state index in [4.69, 9.17) is 26.2 Å². The summed E-state index contributed by atoms with van der Waals surface area (Å²) in [5.41, 5.74) is 0.259. The molecular formula is C18H19ClN2O6S. The number of nitrogens with two attached hydrogens (primary N) is 1. The predicted octanol–water partition coefficient (Wildman–Crippen LogP) is 1.73. The summed E-state index contributed by atoms with van der Waals surface area (Å²) in [6.45, 7) is 1.48. The van der Waals surface area contributed by atoms with Gasteiger partial charge in [-0.25, -0.2) is 18.4 Å². The van der Waals surface area contributed by atoms with Gasteiger partial charge in [-0.15, -0.1) is 0 Å². The van der Waals surface area contributed by atoms with E-state index in [1.165, 1.54) is 31.2 Å². The molecule has 28 heavy (non-hydrogen) atoms. The molecule has 3 N–H and O–H groups in total. The summed E-state index contributed by atoms with van der Waals surface area (Å²) >= 11 is 5.94. The van der Waals surface area contributed by atoms with Crippen LogP contribution in [0.1, 0.15) is 17.3 Å². The van der Waals surface area contributed by atoms with Gasteiger partial charge in [0, 0.05) is 0 Å². The molecule has 0 saturated carbocycles. The van der Waals surface area contributed by atoms with Crippen molar-refractivity contribution in [1.29, 1.82) is 0 Å². The standard InChI is InChI=1S/C18H19ClN2O6S/c1-12(21-17(22)15-4-2-3-5-16(15)19)18(23)27-11-10-26-13-6-8-14(9-7-13)28(20,24)25/h2-9,12H,10-11H2,1H3,(H,21,22)(H2,20,24,25)/t12-/m1/s1. The van der Waals surface area contributed by atoms with Crippen molar-refractivity contribution >= 4 is 33.5 Å². The summed E-state index contributed by atoms with van der Waals surface area (Å²) in [4.78, 5) is 24.0. The Hall–Kier alpha value is -2.62. The van der Waals surface area contributed by atoms with Crippen LogP contribution in [0.5, 0.6) is 5.75 Å². The van der Waals surface area contributed by atoms with Gasteiger partial charge >= 0.3 is 5.97 Å². The summed E-state index contributed by atoms with van der Waals surface area (Å²) in [6, 6.07) is 11.1. The first-order valence-corrected chi connectivity index (χ1v) is 10.1. The first-order valence-electron chi connectivity index (χ1n) is 8.16. The zero-order valence-electron chi connectivity index (χ0n) is 14.9. The fourth-order valence-corrected chi connectivity index (χ4v) is 2.87. The summed E-state index contributed by atoms with van der Waals surface area (Å²) in [6.07, 6.45) is 0. The molecule has 0 radical (unpaired) electrons. The highest BCUT2D eigenvalue weighted by Crippen LogP contribution is 2.15. The van der Waals surface area contributed by atoms with Gasteiger partial charge < -0.3 is 14.8 Å². The molecular weight excluding hydrogens is 408 g/mol.